The van der Waals surface area contributed by atoms with Gasteiger partial charge in [-0.1, -0.05) is 38.3 Å². The summed E-state index contributed by atoms with van der Waals surface area (Å²) >= 11 is 5.87. The Morgan fingerprint density at radius 2 is 1.73 bits per heavy atom. The van der Waals surface area contributed by atoms with E-state index in [9.17, 15) is 9.59 Å². The second-order valence-corrected chi connectivity index (χ2v) is 8.18. The van der Waals surface area contributed by atoms with Crippen LogP contribution in [0, 0.1) is 5.92 Å². The van der Waals surface area contributed by atoms with Crippen LogP contribution < -0.4 is 10.6 Å². The largest absolute Gasteiger partial charge is 0.352 e. The third kappa shape index (κ3) is 4.98. The second kappa shape index (κ2) is 8.87. The van der Waals surface area contributed by atoms with Crippen LogP contribution in [0.5, 0.6) is 0 Å². The number of likely N-dealkylation sites (N-methyl/N-ethyl adjacent to an activating group) is 1. The summed E-state index contributed by atoms with van der Waals surface area (Å²) in [5.74, 6) is -0.403. The van der Waals surface area contributed by atoms with E-state index >= 15 is 0 Å². The first-order valence-electron chi connectivity index (χ1n) is 9.27. The SMILES string of the molecule is CC(C)C(NC(=O)c1ccc(Cl)cc1)C(=O)NCC1(N(C)C)CCCC1. The van der Waals surface area contributed by atoms with Crippen molar-refractivity contribution < 1.29 is 9.59 Å². The quantitative estimate of drug-likeness (QED) is 0.765. The van der Waals surface area contributed by atoms with Gasteiger partial charge in [-0.05, 0) is 57.1 Å². The van der Waals surface area contributed by atoms with Gasteiger partial charge in [-0.3, -0.25) is 9.59 Å². The lowest BCUT2D eigenvalue weighted by Gasteiger charge is -2.37. The Balaban J connectivity index is 2.00. The Morgan fingerprint density at radius 1 is 1.15 bits per heavy atom. The molecule has 26 heavy (non-hydrogen) atoms. The third-order valence-electron chi connectivity index (χ3n) is 5.42. The average molecular weight is 380 g/mol. The molecular formula is C20H30ClN3O2. The number of nitrogens with zero attached hydrogens (tertiary/aromatic N) is 1. The van der Waals surface area contributed by atoms with Crippen LogP contribution in [0.25, 0.3) is 0 Å². The zero-order valence-corrected chi connectivity index (χ0v) is 16.9. The molecule has 1 unspecified atom stereocenters. The fraction of sp³-hybridized carbons (Fsp3) is 0.600. The van der Waals surface area contributed by atoms with Crippen LogP contribution in [0.3, 0.4) is 0 Å². The van der Waals surface area contributed by atoms with Gasteiger partial charge in [0, 0.05) is 22.7 Å². The van der Waals surface area contributed by atoms with Crippen molar-refractivity contribution in [2.45, 2.75) is 51.1 Å². The van der Waals surface area contributed by atoms with Crippen molar-refractivity contribution in [2.24, 2.45) is 5.92 Å². The molecule has 1 aliphatic rings. The van der Waals surface area contributed by atoms with Crippen molar-refractivity contribution in [3.05, 3.63) is 34.9 Å². The molecule has 1 saturated carbocycles. The van der Waals surface area contributed by atoms with Gasteiger partial charge in [0.25, 0.3) is 5.91 Å². The number of rotatable bonds is 7. The third-order valence-corrected chi connectivity index (χ3v) is 5.67. The molecule has 0 aromatic heterocycles. The predicted octanol–water partition coefficient (Wildman–Crippen LogP) is 3.09. The van der Waals surface area contributed by atoms with Gasteiger partial charge < -0.3 is 15.5 Å². The average Bonchev–Trinajstić information content (AvgIpc) is 3.08. The Hall–Kier alpha value is -1.59. The summed E-state index contributed by atoms with van der Waals surface area (Å²) in [7, 11) is 4.14. The molecular weight excluding hydrogens is 350 g/mol. The van der Waals surface area contributed by atoms with Crippen LogP contribution in [-0.2, 0) is 4.79 Å². The summed E-state index contributed by atoms with van der Waals surface area (Å²) in [6.45, 7) is 4.48. The normalized spacial score (nSPS) is 17.3. The fourth-order valence-electron chi connectivity index (χ4n) is 3.54. The highest BCUT2D eigenvalue weighted by atomic mass is 35.5. The number of halogens is 1. The molecule has 1 aliphatic carbocycles. The first kappa shape index (κ1) is 20.7. The van der Waals surface area contributed by atoms with Gasteiger partial charge in [-0.15, -0.1) is 0 Å². The highest BCUT2D eigenvalue weighted by molar-refractivity contribution is 6.30. The van der Waals surface area contributed by atoms with E-state index in [0.717, 1.165) is 12.8 Å². The zero-order chi connectivity index (χ0) is 19.3. The maximum atomic E-state index is 12.8. The first-order valence-corrected chi connectivity index (χ1v) is 9.64. The Labute approximate surface area is 161 Å². The summed E-state index contributed by atoms with van der Waals surface area (Å²) in [5, 5.41) is 6.51. The smallest absolute Gasteiger partial charge is 0.251 e. The van der Waals surface area contributed by atoms with Crippen LogP contribution >= 0.6 is 11.6 Å². The Kier molecular flexibility index (Phi) is 7.07. The summed E-state index contributed by atoms with van der Waals surface area (Å²) in [5.41, 5.74) is 0.519. The van der Waals surface area contributed by atoms with Crippen LogP contribution in [0.1, 0.15) is 49.9 Å². The molecule has 0 spiro atoms. The van der Waals surface area contributed by atoms with Crippen molar-refractivity contribution >= 4 is 23.4 Å². The molecule has 1 fully saturated rings. The van der Waals surface area contributed by atoms with E-state index in [1.807, 2.05) is 13.8 Å². The molecule has 0 radical (unpaired) electrons. The van der Waals surface area contributed by atoms with E-state index in [1.165, 1.54) is 12.8 Å². The summed E-state index contributed by atoms with van der Waals surface area (Å²) in [4.78, 5) is 27.4. The second-order valence-electron chi connectivity index (χ2n) is 7.75. The maximum absolute atomic E-state index is 12.8. The van der Waals surface area contributed by atoms with Gasteiger partial charge in [-0.2, -0.15) is 0 Å². The Morgan fingerprint density at radius 3 is 2.23 bits per heavy atom. The van der Waals surface area contributed by atoms with Crippen molar-refractivity contribution in [2.75, 3.05) is 20.6 Å². The van der Waals surface area contributed by atoms with E-state index in [2.05, 4.69) is 29.6 Å². The van der Waals surface area contributed by atoms with E-state index in [1.54, 1.807) is 24.3 Å². The van der Waals surface area contributed by atoms with Gasteiger partial charge in [-0.25, -0.2) is 0 Å². The number of carbonyl (C=O) groups excluding carboxylic acids is 2. The minimum Gasteiger partial charge on any atom is -0.352 e. The van der Waals surface area contributed by atoms with Crippen molar-refractivity contribution in [1.29, 1.82) is 0 Å². The number of amides is 2. The standard InChI is InChI=1S/C20H30ClN3O2/c1-14(2)17(23-18(25)15-7-9-16(21)10-8-15)19(26)22-13-20(24(3)4)11-5-6-12-20/h7-10,14,17H,5-6,11-13H2,1-4H3,(H,22,26)(H,23,25). The predicted molar refractivity (Wildman–Crippen MR) is 105 cm³/mol. The maximum Gasteiger partial charge on any atom is 0.251 e. The van der Waals surface area contributed by atoms with Crippen LogP contribution in [0.15, 0.2) is 24.3 Å². The lowest BCUT2D eigenvalue weighted by molar-refractivity contribution is -0.124. The molecule has 6 heteroatoms. The monoisotopic (exact) mass is 379 g/mol. The molecule has 2 rings (SSSR count). The fourth-order valence-corrected chi connectivity index (χ4v) is 3.66. The van der Waals surface area contributed by atoms with Gasteiger partial charge in [0.2, 0.25) is 5.91 Å². The molecule has 2 amide bonds. The van der Waals surface area contributed by atoms with E-state index in [-0.39, 0.29) is 23.3 Å². The summed E-state index contributed by atoms with van der Waals surface area (Å²) in [6, 6.07) is 6.08. The molecule has 144 valence electrons. The van der Waals surface area contributed by atoms with Gasteiger partial charge in [0.05, 0.1) is 0 Å². The van der Waals surface area contributed by atoms with E-state index in [4.69, 9.17) is 11.6 Å². The van der Waals surface area contributed by atoms with Gasteiger partial charge >= 0.3 is 0 Å². The van der Waals surface area contributed by atoms with Crippen LogP contribution in [-0.4, -0.2) is 48.9 Å². The minimum absolute atomic E-state index is 0.00913. The molecule has 0 bridgehead atoms. The van der Waals surface area contributed by atoms with Gasteiger partial charge in [0.15, 0.2) is 0 Å². The van der Waals surface area contributed by atoms with E-state index in [0.29, 0.717) is 17.1 Å². The summed E-state index contributed by atoms with van der Waals surface area (Å²) < 4.78 is 0. The van der Waals surface area contributed by atoms with Crippen molar-refractivity contribution in [1.82, 2.24) is 15.5 Å². The molecule has 1 atom stereocenters. The molecule has 0 aliphatic heterocycles. The molecule has 0 heterocycles. The number of hydrogen-bond acceptors (Lipinski definition) is 3. The number of hydrogen-bond donors (Lipinski definition) is 2. The van der Waals surface area contributed by atoms with Gasteiger partial charge in [0.1, 0.15) is 6.04 Å². The first-order chi connectivity index (χ1) is 12.2. The van der Waals surface area contributed by atoms with Crippen LogP contribution in [0.4, 0.5) is 0 Å². The minimum atomic E-state index is -0.571. The van der Waals surface area contributed by atoms with Crippen molar-refractivity contribution in [3.63, 3.8) is 0 Å². The summed E-state index contributed by atoms with van der Waals surface area (Å²) in [6.07, 6.45) is 4.55. The number of benzene rings is 1. The van der Waals surface area contributed by atoms with Crippen LogP contribution in [0.2, 0.25) is 5.02 Å². The Bertz CT molecular complexity index is 622. The lowest BCUT2D eigenvalue weighted by atomic mass is 9.95. The molecule has 0 saturated heterocycles. The molecule has 1 aromatic rings. The van der Waals surface area contributed by atoms with E-state index < -0.39 is 6.04 Å². The highest BCUT2D eigenvalue weighted by Gasteiger charge is 2.37. The number of nitrogens with one attached hydrogen (secondary N) is 2. The zero-order valence-electron chi connectivity index (χ0n) is 16.1. The topological polar surface area (TPSA) is 61.4 Å². The highest BCUT2D eigenvalue weighted by Crippen LogP contribution is 2.33. The van der Waals surface area contributed by atoms with Crippen molar-refractivity contribution in [3.8, 4) is 0 Å². The molecule has 1 aromatic carbocycles. The lowest BCUT2D eigenvalue weighted by Crippen LogP contribution is -2.55. The number of carbonyl (C=O) groups is 2. The molecule has 2 N–H and O–H groups in total. The molecule has 5 nitrogen and oxygen atoms in total.